The summed E-state index contributed by atoms with van der Waals surface area (Å²) in [5, 5.41) is 29.2. The van der Waals surface area contributed by atoms with Crippen molar-refractivity contribution in [3.8, 4) is 0 Å². The van der Waals surface area contributed by atoms with Gasteiger partial charge in [0, 0.05) is 12.3 Å². The van der Waals surface area contributed by atoms with E-state index in [1.54, 1.807) is 13.8 Å². The molecule has 1 rings (SSSR count). The summed E-state index contributed by atoms with van der Waals surface area (Å²) in [5.74, 6) is -3.11. The standard InChI is InChI=1S/C20H30O8/c1-11(2)9-16(23)27-17-13(10-15(22)20(6,25)18(17)24)12(3)14(21)7-8-19(4,5)28-26/h7-8,11,13,15,17,22,25-26H,3,9-10H2,1-2,4-6H3/b8-7+/t13-,15+,17-,20-/m0/s1. The van der Waals surface area contributed by atoms with Gasteiger partial charge in [0.1, 0.15) is 11.2 Å². The van der Waals surface area contributed by atoms with Crippen molar-refractivity contribution in [3.63, 3.8) is 0 Å². The summed E-state index contributed by atoms with van der Waals surface area (Å²) in [6.07, 6.45) is -0.584. The minimum Gasteiger partial charge on any atom is -0.454 e. The molecule has 0 aliphatic heterocycles. The number of hydrogen-bond donors (Lipinski definition) is 3. The van der Waals surface area contributed by atoms with Crippen molar-refractivity contribution >= 4 is 17.5 Å². The second-order valence-corrected chi connectivity index (χ2v) is 8.30. The first-order valence-electron chi connectivity index (χ1n) is 9.12. The van der Waals surface area contributed by atoms with Crippen LogP contribution in [0.25, 0.3) is 0 Å². The lowest BCUT2D eigenvalue weighted by Crippen LogP contribution is -2.60. The van der Waals surface area contributed by atoms with Crippen LogP contribution in [-0.2, 0) is 24.0 Å². The molecule has 0 saturated heterocycles. The summed E-state index contributed by atoms with van der Waals surface area (Å²) in [5.41, 5.74) is -3.29. The lowest BCUT2D eigenvalue weighted by Gasteiger charge is -2.41. The Bertz CT molecular complexity index is 659. The molecule has 1 aliphatic carbocycles. The number of allylic oxidation sites excluding steroid dienone is 1. The number of aliphatic hydroxyl groups is 2. The van der Waals surface area contributed by atoms with Crippen molar-refractivity contribution in [3.05, 3.63) is 24.3 Å². The third-order valence-electron chi connectivity index (χ3n) is 4.72. The number of carbonyl (C=O) groups excluding carboxylic acids is 3. The van der Waals surface area contributed by atoms with E-state index >= 15 is 0 Å². The highest BCUT2D eigenvalue weighted by atomic mass is 17.1. The molecule has 1 aliphatic rings. The SMILES string of the molecule is C=C(C(=O)/C=C/C(C)(C)OO)[C@@H]1C[C@@H](O)[C@](C)(O)C(=O)[C@H]1OC(=O)CC(C)C. The van der Waals surface area contributed by atoms with Crippen molar-refractivity contribution in [1.82, 2.24) is 0 Å². The first-order valence-corrected chi connectivity index (χ1v) is 9.12. The molecule has 158 valence electrons. The molecule has 0 unspecified atom stereocenters. The Kier molecular flexibility index (Phi) is 7.84. The summed E-state index contributed by atoms with van der Waals surface area (Å²) in [7, 11) is 0. The van der Waals surface area contributed by atoms with Crippen LogP contribution in [0.5, 0.6) is 0 Å². The summed E-state index contributed by atoms with van der Waals surface area (Å²) in [6, 6.07) is 0. The zero-order chi connectivity index (χ0) is 21.9. The second kappa shape index (κ2) is 9.09. The van der Waals surface area contributed by atoms with Crippen LogP contribution in [-0.4, -0.2) is 56.4 Å². The molecule has 8 heteroatoms. The Morgan fingerprint density at radius 3 is 2.46 bits per heavy atom. The molecular weight excluding hydrogens is 368 g/mol. The third kappa shape index (κ3) is 5.81. The first-order chi connectivity index (χ1) is 12.7. The average Bonchev–Trinajstić information content (AvgIpc) is 2.59. The summed E-state index contributed by atoms with van der Waals surface area (Å²) < 4.78 is 5.29. The van der Waals surface area contributed by atoms with Crippen LogP contribution in [0.1, 0.15) is 47.5 Å². The predicted octanol–water partition coefficient (Wildman–Crippen LogP) is 1.59. The van der Waals surface area contributed by atoms with Crippen LogP contribution in [0, 0.1) is 11.8 Å². The molecule has 8 nitrogen and oxygen atoms in total. The van der Waals surface area contributed by atoms with E-state index in [4.69, 9.17) is 9.99 Å². The average molecular weight is 398 g/mol. The van der Waals surface area contributed by atoms with Crippen LogP contribution in [0.3, 0.4) is 0 Å². The smallest absolute Gasteiger partial charge is 0.306 e. The zero-order valence-corrected chi connectivity index (χ0v) is 17.0. The van der Waals surface area contributed by atoms with Crippen molar-refractivity contribution in [2.75, 3.05) is 0 Å². The fraction of sp³-hybridized carbons (Fsp3) is 0.650. The van der Waals surface area contributed by atoms with Gasteiger partial charge in [0.2, 0.25) is 5.78 Å². The quantitative estimate of drug-likeness (QED) is 0.243. The third-order valence-corrected chi connectivity index (χ3v) is 4.72. The van der Waals surface area contributed by atoms with Crippen molar-refractivity contribution in [1.29, 1.82) is 0 Å². The maximum Gasteiger partial charge on any atom is 0.306 e. The summed E-state index contributed by atoms with van der Waals surface area (Å²) in [4.78, 5) is 41.5. The van der Waals surface area contributed by atoms with E-state index in [0.29, 0.717) is 0 Å². The lowest BCUT2D eigenvalue weighted by molar-refractivity contribution is -0.297. The Hall–Kier alpha value is -1.87. The normalized spacial score (nSPS) is 28.6. The summed E-state index contributed by atoms with van der Waals surface area (Å²) >= 11 is 0. The maximum atomic E-state index is 12.7. The molecule has 1 fully saturated rings. The fourth-order valence-corrected chi connectivity index (χ4v) is 2.81. The number of rotatable bonds is 8. The summed E-state index contributed by atoms with van der Waals surface area (Å²) in [6.45, 7) is 11.5. The van der Waals surface area contributed by atoms with E-state index in [2.05, 4.69) is 11.5 Å². The van der Waals surface area contributed by atoms with Gasteiger partial charge in [-0.2, -0.15) is 0 Å². The lowest BCUT2D eigenvalue weighted by atomic mass is 9.71. The molecule has 4 atom stereocenters. The second-order valence-electron chi connectivity index (χ2n) is 8.30. The number of aliphatic hydroxyl groups excluding tert-OH is 1. The van der Waals surface area contributed by atoms with Crippen LogP contribution in [0.15, 0.2) is 24.3 Å². The molecule has 3 N–H and O–H groups in total. The highest BCUT2D eigenvalue weighted by Gasteiger charge is 2.53. The van der Waals surface area contributed by atoms with Gasteiger partial charge in [-0.3, -0.25) is 19.6 Å². The molecule has 0 bridgehead atoms. The highest BCUT2D eigenvalue weighted by Crippen LogP contribution is 2.36. The van der Waals surface area contributed by atoms with Gasteiger partial charge in [0.15, 0.2) is 11.9 Å². The topological polar surface area (TPSA) is 130 Å². The Morgan fingerprint density at radius 1 is 1.39 bits per heavy atom. The molecule has 0 aromatic heterocycles. The number of carbonyl (C=O) groups is 3. The molecule has 0 aromatic carbocycles. The van der Waals surface area contributed by atoms with Gasteiger partial charge in [-0.25, -0.2) is 4.89 Å². The molecule has 0 aromatic rings. The molecule has 0 radical (unpaired) electrons. The van der Waals surface area contributed by atoms with Crippen molar-refractivity contribution in [2.45, 2.75) is 70.9 Å². The number of Topliss-reactive ketones (excluding diaryl/α,β-unsaturated/α-hetero) is 1. The van der Waals surface area contributed by atoms with Crippen LogP contribution in [0.2, 0.25) is 0 Å². The van der Waals surface area contributed by atoms with Crippen molar-refractivity contribution < 1.29 is 39.5 Å². The minimum absolute atomic E-state index is 0.00998. The van der Waals surface area contributed by atoms with Gasteiger partial charge in [-0.1, -0.05) is 20.4 Å². The van der Waals surface area contributed by atoms with Crippen LogP contribution >= 0.6 is 0 Å². The minimum atomic E-state index is -2.11. The largest absolute Gasteiger partial charge is 0.454 e. The number of hydrogen-bond acceptors (Lipinski definition) is 8. The Balaban J connectivity index is 3.12. The monoisotopic (exact) mass is 398 g/mol. The molecular formula is C20H30O8. The van der Waals surface area contributed by atoms with Gasteiger partial charge in [-0.15, -0.1) is 0 Å². The highest BCUT2D eigenvalue weighted by molar-refractivity contribution is 6.05. The van der Waals surface area contributed by atoms with E-state index < -0.39 is 46.9 Å². The maximum absolute atomic E-state index is 12.7. The number of ether oxygens (including phenoxy) is 1. The Labute approximate surface area is 164 Å². The molecule has 0 amide bonds. The van der Waals surface area contributed by atoms with Crippen LogP contribution < -0.4 is 0 Å². The molecule has 0 heterocycles. The van der Waals surface area contributed by atoms with E-state index in [1.807, 2.05) is 0 Å². The molecule has 1 saturated carbocycles. The van der Waals surface area contributed by atoms with Gasteiger partial charge >= 0.3 is 5.97 Å². The zero-order valence-electron chi connectivity index (χ0n) is 17.0. The van der Waals surface area contributed by atoms with Crippen LogP contribution in [0.4, 0.5) is 0 Å². The number of esters is 1. The fourth-order valence-electron chi connectivity index (χ4n) is 2.81. The van der Waals surface area contributed by atoms with E-state index in [0.717, 1.165) is 13.0 Å². The van der Waals surface area contributed by atoms with Gasteiger partial charge < -0.3 is 14.9 Å². The van der Waals surface area contributed by atoms with Gasteiger partial charge in [-0.05, 0) is 50.8 Å². The predicted molar refractivity (Wildman–Crippen MR) is 100 cm³/mol. The number of ketones is 2. The Morgan fingerprint density at radius 2 is 1.96 bits per heavy atom. The van der Waals surface area contributed by atoms with Gasteiger partial charge in [0.05, 0.1) is 6.10 Å². The van der Waals surface area contributed by atoms with E-state index in [-0.39, 0.29) is 24.3 Å². The van der Waals surface area contributed by atoms with Crippen molar-refractivity contribution in [2.24, 2.45) is 11.8 Å². The first kappa shape index (κ1) is 24.2. The van der Waals surface area contributed by atoms with E-state index in [9.17, 15) is 24.6 Å². The van der Waals surface area contributed by atoms with Gasteiger partial charge in [0.25, 0.3) is 0 Å². The molecule has 0 spiro atoms. The van der Waals surface area contributed by atoms with E-state index in [1.165, 1.54) is 19.9 Å². The molecule has 28 heavy (non-hydrogen) atoms.